The minimum atomic E-state index is -0.551. The first-order chi connectivity index (χ1) is 6.03. The van der Waals surface area contributed by atoms with Crippen molar-refractivity contribution in [3.05, 3.63) is 11.6 Å². The molecule has 0 radical (unpaired) electrons. The SMILES string of the molecule is CCC1=CC(O)[C@@H]2OC(C)(C)O[C@H]12. The topological polar surface area (TPSA) is 38.7 Å². The number of hydrogen-bond donors (Lipinski definition) is 1. The molecule has 0 aromatic rings. The van der Waals surface area contributed by atoms with Gasteiger partial charge < -0.3 is 14.6 Å². The summed E-state index contributed by atoms with van der Waals surface area (Å²) in [7, 11) is 0. The van der Waals surface area contributed by atoms with Crippen LogP contribution in [0, 0.1) is 0 Å². The summed E-state index contributed by atoms with van der Waals surface area (Å²) < 4.78 is 11.3. The van der Waals surface area contributed by atoms with Gasteiger partial charge in [-0.05, 0) is 25.8 Å². The third kappa shape index (κ3) is 1.41. The van der Waals surface area contributed by atoms with E-state index in [0.717, 1.165) is 12.0 Å². The molecule has 74 valence electrons. The molecule has 1 N–H and O–H groups in total. The van der Waals surface area contributed by atoms with Gasteiger partial charge in [-0.15, -0.1) is 0 Å². The summed E-state index contributed by atoms with van der Waals surface area (Å²) in [6, 6.07) is 0. The normalized spacial score (nSPS) is 41.8. The van der Waals surface area contributed by atoms with Crippen LogP contribution in [0.3, 0.4) is 0 Å². The Labute approximate surface area is 78.3 Å². The van der Waals surface area contributed by atoms with Crippen molar-refractivity contribution in [3.8, 4) is 0 Å². The largest absolute Gasteiger partial charge is 0.386 e. The molecule has 1 heterocycles. The molecule has 3 heteroatoms. The molecule has 3 nitrogen and oxygen atoms in total. The van der Waals surface area contributed by atoms with E-state index in [1.54, 1.807) is 0 Å². The second kappa shape index (κ2) is 2.80. The van der Waals surface area contributed by atoms with Crippen LogP contribution in [0.25, 0.3) is 0 Å². The van der Waals surface area contributed by atoms with Crippen molar-refractivity contribution < 1.29 is 14.6 Å². The molecule has 0 amide bonds. The van der Waals surface area contributed by atoms with Crippen LogP contribution in [0.5, 0.6) is 0 Å². The van der Waals surface area contributed by atoms with Crippen molar-refractivity contribution in [1.82, 2.24) is 0 Å². The van der Waals surface area contributed by atoms with Crippen LogP contribution in [-0.2, 0) is 9.47 Å². The first kappa shape index (κ1) is 9.19. The quantitative estimate of drug-likeness (QED) is 0.623. The lowest BCUT2D eigenvalue weighted by atomic mass is 10.1. The summed E-state index contributed by atoms with van der Waals surface area (Å²) in [5.74, 6) is -0.551. The Kier molecular flexibility index (Phi) is 1.98. The van der Waals surface area contributed by atoms with E-state index in [1.807, 2.05) is 19.9 Å². The average molecular weight is 184 g/mol. The molecule has 2 aliphatic rings. The Morgan fingerprint density at radius 3 is 2.77 bits per heavy atom. The van der Waals surface area contributed by atoms with Crippen LogP contribution in [0.4, 0.5) is 0 Å². The van der Waals surface area contributed by atoms with E-state index in [9.17, 15) is 5.11 Å². The zero-order valence-corrected chi connectivity index (χ0v) is 8.28. The molecule has 0 spiro atoms. The maximum atomic E-state index is 9.65. The van der Waals surface area contributed by atoms with Crippen LogP contribution >= 0.6 is 0 Å². The van der Waals surface area contributed by atoms with Crippen molar-refractivity contribution in [2.75, 3.05) is 0 Å². The van der Waals surface area contributed by atoms with E-state index >= 15 is 0 Å². The summed E-state index contributed by atoms with van der Waals surface area (Å²) >= 11 is 0. The van der Waals surface area contributed by atoms with E-state index in [-0.39, 0.29) is 12.2 Å². The molecule has 13 heavy (non-hydrogen) atoms. The van der Waals surface area contributed by atoms with E-state index in [2.05, 4.69) is 6.92 Å². The third-order valence-corrected chi connectivity index (χ3v) is 2.62. The Balaban J connectivity index is 2.19. The van der Waals surface area contributed by atoms with Gasteiger partial charge >= 0.3 is 0 Å². The highest BCUT2D eigenvalue weighted by molar-refractivity contribution is 5.24. The van der Waals surface area contributed by atoms with Gasteiger partial charge in [-0.2, -0.15) is 0 Å². The van der Waals surface area contributed by atoms with Gasteiger partial charge in [0, 0.05) is 0 Å². The van der Waals surface area contributed by atoms with Crippen LogP contribution in [0.15, 0.2) is 11.6 Å². The number of fused-ring (bicyclic) bond motifs is 1. The Bertz CT molecular complexity index is 245. The van der Waals surface area contributed by atoms with Gasteiger partial charge in [0.2, 0.25) is 0 Å². The van der Waals surface area contributed by atoms with E-state index in [0.29, 0.717) is 0 Å². The molecule has 3 atom stereocenters. The van der Waals surface area contributed by atoms with E-state index in [4.69, 9.17) is 9.47 Å². The smallest absolute Gasteiger partial charge is 0.164 e. The maximum absolute atomic E-state index is 9.65. The lowest BCUT2D eigenvalue weighted by Gasteiger charge is -2.18. The van der Waals surface area contributed by atoms with Gasteiger partial charge in [-0.25, -0.2) is 0 Å². The fraction of sp³-hybridized carbons (Fsp3) is 0.800. The highest BCUT2D eigenvalue weighted by Gasteiger charge is 2.48. The fourth-order valence-electron chi connectivity index (χ4n) is 2.05. The monoisotopic (exact) mass is 184 g/mol. The number of rotatable bonds is 1. The van der Waals surface area contributed by atoms with Crippen LogP contribution < -0.4 is 0 Å². The number of ether oxygens (including phenoxy) is 2. The molecule has 2 rings (SSSR count). The van der Waals surface area contributed by atoms with Gasteiger partial charge in [0.1, 0.15) is 18.3 Å². The fourth-order valence-corrected chi connectivity index (χ4v) is 2.05. The molecule has 1 fully saturated rings. The van der Waals surface area contributed by atoms with Gasteiger partial charge in [0.05, 0.1) is 0 Å². The van der Waals surface area contributed by atoms with Gasteiger partial charge in [-0.3, -0.25) is 0 Å². The first-order valence-corrected chi connectivity index (χ1v) is 4.78. The minimum absolute atomic E-state index is 0.0324. The van der Waals surface area contributed by atoms with Crippen LogP contribution in [0.1, 0.15) is 27.2 Å². The van der Waals surface area contributed by atoms with Gasteiger partial charge in [0.25, 0.3) is 0 Å². The standard InChI is InChI=1S/C10H16O3/c1-4-6-5-7(11)9-8(6)12-10(2,3)13-9/h5,7-9,11H,4H2,1-3H3/t7?,8-,9+/m1/s1. The molecule has 1 aliphatic heterocycles. The Hall–Kier alpha value is -0.380. The summed E-state index contributed by atoms with van der Waals surface area (Å²) in [4.78, 5) is 0. The highest BCUT2D eigenvalue weighted by Crippen LogP contribution is 2.39. The number of hydrogen-bond acceptors (Lipinski definition) is 3. The van der Waals surface area contributed by atoms with Crippen LogP contribution in [0.2, 0.25) is 0 Å². The van der Waals surface area contributed by atoms with Crippen molar-refractivity contribution in [2.45, 2.75) is 51.3 Å². The third-order valence-electron chi connectivity index (χ3n) is 2.62. The van der Waals surface area contributed by atoms with E-state index < -0.39 is 11.9 Å². The molecular weight excluding hydrogens is 168 g/mol. The lowest BCUT2D eigenvalue weighted by Crippen LogP contribution is -2.29. The van der Waals surface area contributed by atoms with Crippen molar-refractivity contribution in [3.63, 3.8) is 0 Å². The molecule has 0 bridgehead atoms. The molecule has 0 saturated carbocycles. The summed E-state index contributed by atoms with van der Waals surface area (Å²) in [6.07, 6.45) is 2.05. The second-order valence-electron chi connectivity index (χ2n) is 4.11. The molecule has 1 unspecified atom stereocenters. The average Bonchev–Trinajstić information content (AvgIpc) is 2.47. The molecule has 0 aromatic carbocycles. The van der Waals surface area contributed by atoms with E-state index in [1.165, 1.54) is 0 Å². The molecule has 1 saturated heterocycles. The summed E-state index contributed by atoms with van der Waals surface area (Å²) in [5.41, 5.74) is 1.16. The number of aliphatic hydroxyl groups excluding tert-OH is 1. The predicted molar refractivity (Wildman–Crippen MR) is 48.2 cm³/mol. The highest BCUT2D eigenvalue weighted by atomic mass is 16.8. The minimum Gasteiger partial charge on any atom is -0.386 e. The Morgan fingerprint density at radius 2 is 2.15 bits per heavy atom. The molecule has 1 aliphatic carbocycles. The Morgan fingerprint density at radius 1 is 1.46 bits per heavy atom. The molecular formula is C10H16O3. The zero-order chi connectivity index (χ0) is 9.64. The number of aliphatic hydroxyl groups is 1. The second-order valence-corrected chi connectivity index (χ2v) is 4.11. The maximum Gasteiger partial charge on any atom is 0.164 e. The summed E-state index contributed by atoms with van der Waals surface area (Å²) in [6.45, 7) is 5.83. The van der Waals surface area contributed by atoms with Crippen molar-refractivity contribution in [2.24, 2.45) is 0 Å². The van der Waals surface area contributed by atoms with Gasteiger partial charge in [0.15, 0.2) is 5.79 Å². The van der Waals surface area contributed by atoms with Gasteiger partial charge in [-0.1, -0.05) is 13.0 Å². The van der Waals surface area contributed by atoms with Crippen LogP contribution in [-0.4, -0.2) is 29.2 Å². The zero-order valence-electron chi connectivity index (χ0n) is 8.28. The van der Waals surface area contributed by atoms with Crippen molar-refractivity contribution in [1.29, 1.82) is 0 Å². The predicted octanol–water partition coefficient (Wildman–Crippen LogP) is 1.22. The van der Waals surface area contributed by atoms with Crippen molar-refractivity contribution >= 4 is 0 Å². The summed E-state index contributed by atoms with van der Waals surface area (Å²) in [5, 5.41) is 9.65. The molecule has 0 aromatic heterocycles. The first-order valence-electron chi connectivity index (χ1n) is 4.78. The lowest BCUT2D eigenvalue weighted by molar-refractivity contribution is -0.152.